The molecule has 0 amide bonds. The molecule has 112 valence electrons. The van der Waals surface area contributed by atoms with Gasteiger partial charge in [-0.15, -0.1) is 0 Å². The van der Waals surface area contributed by atoms with Gasteiger partial charge in [-0.05, 0) is 56.1 Å². The number of sulfonamides is 1. The Balaban J connectivity index is 2.42. The van der Waals surface area contributed by atoms with Crippen molar-refractivity contribution in [2.24, 2.45) is 0 Å². The lowest BCUT2D eigenvalue weighted by atomic mass is 10.3. The molecule has 3 nitrogen and oxygen atoms in total. The Kier molecular flexibility index (Phi) is 4.64. The SMILES string of the molecule is O=S(=O)(Nc1cc(Br)c(F)cc1F)c1ccc(Br)c(F)c1. The average molecular weight is 445 g/mol. The van der Waals surface area contributed by atoms with Crippen molar-refractivity contribution in [2.75, 3.05) is 4.72 Å². The summed E-state index contributed by atoms with van der Waals surface area (Å²) in [5, 5.41) is 0. The first-order valence-electron chi connectivity index (χ1n) is 5.33. The number of rotatable bonds is 3. The zero-order chi connectivity index (χ0) is 15.8. The van der Waals surface area contributed by atoms with Gasteiger partial charge in [0.25, 0.3) is 10.0 Å². The molecule has 0 unspecified atom stereocenters. The largest absolute Gasteiger partial charge is 0.277 e. The molecule has 0 bridgehead atoms. The van der Waals surface area contributed by atoms with E-state index in [-0.39, 0.29) is 13.8 Å². The molecule has 0 atom stereocenters. The van der Waals surface area contributed by atoms with Crippen LogP contribution in [0.3, 0.4) is 0 Å². The van der Waals surface area contributed by atoms with Gasteiger partial charge >= 0.3 is 0 Å². The molecule has 0 aliphatic rings. The summed E-state index contributed by atoms with van der Waals surface area (Å²) in [6.07, 6.45) is 0. The molecule has 0 fully saturated rings. The van der Waals surface area contributed by atoms with Gasteiger partial charge in [0, 0.05) is 6.07 Å². The van der Waals surface area contributed by atoms with Crippen molar-refractivity contribution in [2.45, 2.75) is 4.90 Å². The zero-order valence-electron chi connectivity index (χ0n) is 10.0. The molecule has 0 aromatic heterocycles. The fraction of sp³-hybridized carbons (Fsp3) is 0. The number of benzene rings is 2. The fourth-order valence-electron chi connectivity index (χ4n) is 1.45. The maximum atomic E-state index is 13.6. The highest BCUT2D eigenvalue weighted by Gasteiger charge is 2.19. The van der Waals surface area contributed by atoms with Crippen molar-refractivity contribution >= 4 is 47.6 Å². The van der Waals surface area contributed by atoms with Crippen LogP contribution in [-0.4, -0.2) is 8.42 Å². The van der Waals surface area contributed by atoms with Gasteiger partial charge < -0.3 is 0 Å². The van der Waals surface area contributed by atoms with Gasteiger partial charge in [0.15, 0.2) is 0 Å². The maximum Gasteiger partial charge on any atom is 0.262 e. The van der Waals surface area contributed by atoms with Gasteiger partial charge in [0.05, 0.1) is 19.5 Å². The molecule has 2 aromatic rings. The molecule has 0 aliphatic heterocycles. The van der Waals surface area contributed by atoms with E-state index in [0.717, 1.165) is 18.2 Å². The molecular weight excluding hydrogens is 439 g/mol. The van der Waals surface area contributed by atoms with E-state index in [1.54, 1.807) is 0 Å². The van der Waals surface area contributed by atoms with Crippen LogP contribution in [0.4, 0.5) is 18.9 Å². The summed E-state index contributed by atoms with van der Waals surface area (Å²) < 4.78 is 66.0. The summed E-state index contributed by atoms with van der Waals surface area (Å²) in [5.41, 5.74) is -0.452. The van der Waals surface area contributed by atoms with Gasteiger partial charge in [0.1, 0.15) is 17.5 Å². The topological polar surface area (TPSA) is 46.2 Å². The zero-order valence-corrected chi connectivity index (χ0v) is 14.0. The quantitative estimate of drug-likeness (QED) is 0.712. The molecule has 0 saturated carbocycles. The summed E-state index contributed by atoms with van der Waals surface area (Å²) in [6.45, 7) is 0. The van der Waals surface area contributed by atoms with Crippen LogP contribution in [0.15, 0.2) is 44.2 Å². The summed E-state index contributed by atoms with van der Waals surface area (Å²) in [5.74, 6) is -2.74. The van der Waals surface area contributed by atoms with Crippen LogP contribution in [0.1, 0.15) is 0 Å². The summed E-state index contributed by atoms with van der Waals surface area (Å²) in [6, 6.07) is 4.61. The lowest BCUT2D eigenvalue weighted by molar-refractivity contribution is 0.578. The minimum absolute atomic E-state index is 0.0946. The van der Waals surface area contributed by atoms with E-state index in [4.69, 9.17) is 0 Å². The fourth-order valence-corrected chi connectivity index (χ4v) is 3.11. The van der Waals surface area contributed by atoms with E-state index in [1.807, 2.05) is 4.72 Å². The molecule has 2 rings (SSSR count). The molecular formula is C12H6Br2F3NO2S. The standard InChI is InChI=1S/C12H6Br2F3NO2S/c13-7-2-1-6(3-9(7)15)21(19,20)18-12-4-8(14)10(16)5-11(12)17/h1-5,18H. The van der Waals surface area contributed by atoms with Crippen LogP contribution in [0, 0.1) is 17.5 Å². The van der Waals surface area contributed by atoms with E-state index in [1.165, 1.54) is 6.07 Å². The smallest absolute Gasteiger partial charge is 0.262 e. The maximum absolute atomic E-state index is 13.6. The van der Waals surface area contributed by atoms with Gasteiger partial charge in [0.2, 0.25) is 0 Å². The van der Waals surface area contributed by atoms with Crippen LogP contribution in [0.5, 0.6) is 0 Å². The van der Waals surface area contributed by atoms with Crippen LogP contribution in [-0.2, 0) is 10.0 Å². The lowest BCUT2D eigenvalue weighted by Crippen LogP contribution is -2.14. The average Bonchev–Trinajstić information content (AvgIpc) is 2.39. The van der Waals surface area contributed by atoms with E-state index in [0.29, 0.717) is 6.07 Å². The predicted molar refractivity (Wildman–Crippen MR) is 79.0 cm³/mol. The predicted octanol–water partition coefficient (Wildman–Crippen LogP) is 4.43. The highest BCUT2D eigenvalue weighted by molar-refractivity contribution is 9.10. The Labute approximate surface area is 135 Å². The van der Waals surface area contributed by atoms with Crippen LogP contribution < -0.4 is 4.72 Å². The third kappa shape index (κ3) is 3.58. The summed E-state index contributed by atoms with van der Waals surface area (Å²) >= 11 is 5.72. The summed E-state index contributed by atoms with van der Waals surface area (Å²) in [4.78, 5) is -0.386. The monoisotopic (exact) mass is 443 g/mol. The molecule has 9 heteroatoms. The highest BCUT2D eigenvalue weighted by Crippen LogP contribution is 2.26. The van der Waals surface area contributed by atoms with Crippen molar-refractivity contribution in [3.8, 4) is 0 Å². The molecule has 0 spiro atoms. The van der Waals surface area contributed by atoms with Gasteiger partial charge in [-0.3, -0.25) is 4.72 Å². The first-order valence-corrected chi connectivity index (χ1v) is 8.40. The molecule has 2 aromatic carbocycles. The summed E-state index contributed by atoms with van der Waals surface area (Å²) in [7, 11) is -4.20. The van der Waals surface area contributed by atoms with E-state index < -0.39 is 33.2 Å². The molecule has 1 N–H and O–H groups in total. The van der Waals surface area contributed by atoms with Crippen LogP contribution in [0.25, 0.3) is 0 Å². The second kappa shape index (κ2) is 5.98. The Hall–Kier alpha value is -1.06. The third-order valence-electron chi connectivity index (χ3n) is 2.46. The first kappa shape index (κ1) is 16.3. The number of nitrogens with one attached hydrogen (secondary N) is 1. The molecule has 0 heterocycles. The van der Waals surface area contributed by atoms with Crippen molar-refractivity contribution in [3.63, 3.8) is 0 Å². The molecule has 0 radical (unpaired) electrons. The van der Waals surface area contributed by atoms with E-state index in [2.05, 4.69) is 31.9 Å². The molecule has 0 aliphatic carbocycles. The van der Waals surface area contributed by atoms with E-state index >= 15 is 0 Å². The Bertz CT molecular complexity index is 812. The Morgan fingerprint density at radius 1 is 0.857 bits per heavy atom. The minimum Gasteiger partial charge on any atom is -0.277 e. The van der Waals surface area contributed by atoms with Crippen molar-refractivity contribution in [3.05, 3.63) is 56.7 Å². The second-order valence-electron chi connectivity index (χ2n) is 3.93. The van der Waals surface area contributed by atoms with Gasteiger partial charge in [-0.2, -0.15) is 0 Å². The number of anilines is 1. The van der Waals surface area contributed by atoms with Gasteiger partial charge in [-0.25, -0.2) is 21.6 Å². The Morgan fingerprint density at radius 3 is 2.10 bits per heavy atom. The minimum atomic E-state index is -4.20. The highest BCUT2D eigenvalue weighted by atomic mass is 79.9. The molecule has 0 saturated heterocycles. The Morgan fingerprint density at radius 2 is 1.48 bits per heavy atom. The third-order valence-corrected chi connectivity index (χ3v) is 5.07. The first-order chi connectivity index (χ1) is 9.70. The van der Waals surface area contributed by atoms with Crippen molar-refractivity contribution in [1.82, 2.24) is 0 Å². The lowest BCUT2D eigenvalue weighted by Gasteiger charge is -2.10. The van der Waals surface area contributed by atoms with Gasteiger partial charge in [-0.1, -0.05) is 0 Å². The van der Waals surface area contributed by atoms with Crippen LogP contribution >= 0.6 is 31.9 Å². The number of halogens is 5. The molecule has 21 heavy (non-hydrogen) atoms. The number of hydrogen-bond acceptors (Lipinski definition) is 2. The number of hydrogen-bond donors (Lipinski definition) is 1. The normalized spacial score (nSPS) is 11.5. The second-order valence-corrected chi connectivity index (χ2v) is 7.32. The van der Waals surface area contributed by atoms with Crippen molar-refractivity contribution in [1.29, 1.82) is 0 Å². The van der Waals surface area contributed by atoms with Crippen molar-refractivity contribution < 1.29 is 21.6 Å². The van der Waals surface area contributed by atoms with Crippen LogP contribution in [0.2, 0.25) is 0 Å². The van der Waals surface area contributed by atoms with E-state index in [9.17, 15) is 21.6 Å².